The number of unbranched alkanes of at least 4 members (excludes halogenated alkanes) is 8. The molecular weight excluding hydrogens is 538 g/mol. The van der Waals surface area contributed by atoms with Gasteiger partial charge in [0.15, 0.2) is 35.7 Å². The van der Waals surface area contributed by atoms with E-state index in [1.165, 1.54) is 60.9 Å². The summed E-state index contributed by atoms with van der Waals surface area (Å²) >= 11 is 0. The summed E-state index contributed by atoms with van der Waals surface area (Å²) in [5.41, 5.74) is 5.05. The van der Waals surface area contributed by atoms with Crippen molar-refractivity contribution in [1.82, 2.24) is 0 Å². The van der Waals surface area contributed by atoms with Crippen LogP contribution in [0.15, 0.2) is 30.5 Å². The number of benzene rings is 2. The third-order valence-corrected chi connectivity index (χ3v) is 8.27. The number of hydrogen-bond acceptors (Lipinski definition) is 5. The largest absolute Gasteiger partial charge is 1.00 e. The number of pyridine rings is 1. The quantitative estimate of drug-likeness (QED) is 0.118. The number of ether oxygens (including phenoxy) is 4. The van der Waals surface area contributed by atoms with Gasteiger partial charge in [0.05, 0.1) is 18.1 Å². The Kier molecular flexibility index (Phi) is 11.1. The van der Waals surface area contributed by atoms with Gasteiger partial charge in [-0.3, -0.25) is 4.79 Å². The maximum atomic E-state index is 12.9. The van der Waals surface area contributed by atoms with Gasteiger partial charge in [-0.05, 0) is 49.1 Å². The summed E-state index contributed by atoms with van der Waals surface area (Å²) in [6.07, 6.45) is 16.2. The van der Waals surface area contributed by atoms with Crippen molar-refractivity contribution in [1.29, 1.82) is 0 Å². The Bertz CT molecular complexity index is 1360. The second kappa shape index (κ2) is 14.8. The fourth-order valence-electron chi connectivity index (χ4n) is 6.10. The molecule has 1 aromatic heterocycles. The standard InChI is InChI=1S/C34H44NO5.ClH/c1-4-6-8-9-10-11-13-14-26-25-16-17-29(37-3)34(40-32(36)15-12-7-5-2)28(25)22-35-19-18-24-20-30-31(39-23-38-30)21-27(24)33(26)35;/h16-17,20-22H,4-15,18-19,23H2,1-3H3;1H/q+1;/p-1. The number of rotatable bonds is 14. The summed E-state index contributed by atoms with van der Waals surface area (Å²) in [5.74, 6) is 2.58. The molecule has 2 aliphatic heterocycles. The number of carbonyl (C=O) groups excluding carboxylic acids is 1. The fraction of sp³-hybridized carbons (Fsp3) is 0.529. The van der Waals surface area contributed by atoms with Gasteiger partial charge in [-0.2, -0.15) is 4.57 Å². The molecular formula is C34H44ClNO5. The lowest BCUT2D eigenvalue weighted by Crippen LogP contribution is -3.00. The highest BCUT2D eigenvalue weighted by Crippen LogP contribution is 2.44. The first-order chi connectivity index (χ1) is 19.6. The highest BCUT2D eigenvalue weighted by atomic mass is 35.5. The third kappa shape index (κ3) is 6.91. The minimum atomic E-state index is -0.200. The first-order valence-corrected chi connectivity index (χ1v) is 15.3. The van der Waals surface area contributed by atoms with Gasteiger partial charge in [0.2, 0.25) is 12.5 Å². The van der Waals surface area contributed by atoms with Crippen LogP contribution in [-0.4, -0.2) is 19.9 Å². The van der Waals surface area contributed by atoms with Crippen molar-refractivity contribution in [2.75, 3.05) is 13.9 Å². The summed E-state index contributed by atoms with van der Waals surface area (Å²) in [6.45, 7) is 5.52. The van der Waals surface area contributed by atoms with Crippen LogP contribution in [0.25, 0.3) is 22.0 Å². The smallest absolute Gasteiger partial charge is 0.311 e. The molecule has 41 heavy (non-hydrogen) atoms. The van der Waals surface area contributed by atoms with Crippen LogP contribution in [-0.2, 0) is 24.2 Å². The van der Waals surface area contributed by atoms with Crippen molar-refractivity contribution in [3.05, 3.63) is 41.6 Å². The Morgan fingerprint density at radius 3 is 2.37 bits per heavy atom. The summed E-state index contributed by atoms with van der Waals surface area (Å²) in [5, 5.41) is 2.06. The highest BCUT2D eigenvalue weighted by Gasteiger charge is 2.32. The van der Waals surface area contributed by atoms with E-state index in [0.29, 0.717) is 17.9 Å². The van der Waals surface area contributed by atoms with Crippen molar-refractivity contribution in [3.63, 3.8) is 0 Å². The Hall–Kier alpha value is -2.99. The minimum Gasteiger partial charge on any atom is -1.00 e. The molecule has 3 heterocycles. The lowest BCUT2D eigenvalue weighted by Gasteiger charge is -2.21. The molecule has 5 rings (SSSR count). The maximum Gasteiger partial charge on any atom is 0.311 e. The van der Waals surface area contributed by atoms with Gasteiger partial charge in [0.25, 0.3) is 0 Å². The molecule has 0 saturated carbocycles. The monoisotopic (exact) mass is 581 g/mol. The zero-order valence-corrected chi connectivity index (χ0v) is 25.6. The number of hydrogen-bond donors (Lipinski definition) is 0. The topological polar surface area (TPSA) is 57.9 Å². The minimum absolute atomic E-state index is 0. The first-order valence-electron chi connectivity index (χ1n) is 15.3. The number of aromatic nitrogens is 1. The Labute approximate surface area is 250 Å². The van der Waals surface area contributed by atoms with Crippen molar-refractivity contribution in [3.8, 4) is 34.3 Å². The van der Waals surface area contributed by atoms with E-state index in [2.05, 4.69) is 42.8 Å². The van der Waals surface area contributed by atoms with Crippen LogP contribution in [0.2, 0.25) is 0 Å². The van der Waals surface area contributed by atoms with E-state index in [9.17, 15) is 4.79 Å². The van der Waals surface area contributed by atoms with Gasteiger partial charge in [-0.25, -0.2) is 0 Å². The molecule has 0 radical (unpaired) electrons. The number of methoxy groups -OCH3 is 1. The summed E-state index contributed by atoms with van der Waals surface area (Å²) < 4.78 is 25.6. The molecule has 0 unspecified atom stereocenters. The van der Waals surface area contributed by atoms with E-state index in [-0.39, 0.29) is 25.2 Å². The third-order valence-electron chi connectivity index (χ3n) is 8.27. The number of aryl methyl sites for hydroxylation is 3. The Morgan fingerprint density at radius 1 is 0.902 bits per heavy atom. The molecule has 0 atom stereocenters. The van der Waals surface area contributed by atoms with E-state index < -0.39 is 0 Å². The van der Waals surface area contributed by atoms with Crippen LogP contribution in [0.5, 0.6) is 23.0 Å². The number of nitrogens with zero attached hydrogens (tertiary/aromatic N) is 1. The molecule has 222 valence electrons. The van der Waals surface area contributed by atoms with Crippen LogP contribution < -0.4 is 35.9 Å². The normalized spacial score (nSPS) is 13.0. The number of fused-ring (bicyclic) bond motifs is 5. The molecule has 0 spiro atoms. The first kappa shape index (κ1) is 31.0. The van der Waals surface area contributed by atoms with Crippen LogP contribution in [0.3, 0.4) is 0 Å². The zero-order chi connectivity index (χ0) is 27.9. The van der Waals surface area contributed by atoms with Crippen LogP contribution in [0, 0.1) is 0 Å². The maximum absolute atomic E-state index is 12.9. The Morgan fingerprint density at radius 2 is 1.61 bits per heavy atom. The van der Waals surface area contributed by atoms with E-state index in [4.69, 9.17) is 18.9 Å². The lowest BCUT2D eigenvalue weighted by atomic mass is 9.89. The Balaban J connectivity index is 0.00000387. The average Bonchev–Trinajstić information content (AvgIpc) is 3.43. The fourth-order valence-corrected chi connectivity index (χ4v) is 6.10. The van der Waals surface area contributed by atoms with Gasteiger partial charge in [0, 0.05) is 23.8 Å². The van der Waals surface area contributed by atoms with Crippen molar-refractivity contribution >= 4 is 16.7 Å². The summed E-state index contributed by atoms with van der Waals surface area (Å²) in [7, 11) is 1.64. The van der Waals surface area contributed by atoms with Crippen molar-refractivity contribution in [2.24, 2.45) is 0 Å². The van der Waals surface area contributed by atoms with Gasteiger partial charge >= 0.3 is 5.97 Å². The van der Waals surface area contributed by atoms with Gasteiger partial charge < -0.3 is 31.4 Å². The number of esters is 1. The molecule has 0 fully saturated rings. The molecule has 7 heteroatoms. The molecule has 2 aromatic carbocycles. The number of carbonyl (C=O) groups is 1. The van der Waals surface area contributed by atoms with E-state index in [1.54, 1.807) is 7.11 Å². The highest BCUT2D eigenvalue weighted by molar-refractivity contribution is 5.96. The molecule has 0 saturated heterocycles. The van der Waals surface area contributed by atoms with Crippen molar-refractivity contribution < 1.29 is 40.7 Å². The van der Waals surface area contributed by atoms with E-state index >= 15 is 0 Å². The van der Waals surface area contributed by atoms with Crippen LogP contribution >= 0.6 is 0 Å². The molecule has 0 amide bonds. The van der Waals surface area contributed by atoms with Crippen LogP contribution in [0.1, 0.15) is 95.6 Å². The second-order valence-corrected chi connectivity index (χ2v) is 11.1. The SMILES string of the molecule is CCCCCCCCCc1c2[n+](cc3c(OC(=O)CCCCC)c(OC)ccc13)CCc1cc3c(cc1-2)OCO3.[Cl-]. The average molecular weight is 582 g/mol. The summed E-state index contributed by atoms with van der Waals surface area (Å²) in [4.78, 5) is 12.9. The predicted molar refractivity (Wildman–Crippen MR) is 157 cm³/mol. The second-order valence-electron chi connectivity index (χ2n) is 11.1. The zero-order valence-electron chi connectivity index (χ0n) is 24.9. The molecule has 2 aliphatic rings. The molecule has 0 bridgehead atoms. The van der Waals surface area contributed by atoms with E-state index in [0.717, 1.165) is 67.3 Å². The molecule has 3 aromatic rings. The van der Waals surface area contributed by atoms with Crippen LogP contribution in [0.4, 0.5) is 0 Å². The van der Waals surface area contributed by atoms with E-state index in [1.807, 2.05) is 6.07 Å². The molecule has 0 N–H and O–H groups in total. The molecule has 6 nitrogen and oxygen atoms in total. The predicted octanol–water partition coefficient (Wildman–Crippen LogP) is 4.87. The molecule has 0 aliphatic carbocycles. The lowest BCUT2D eigenvalue weighted by molar-refractivity contribution is -0.686. The van der Waals surface area contributed by atoms with Crippen molar-refractivity contribution in [2.45, 2.75) is 104 Å². The van der Waals surface area contributed by atoms with Gasteiger partial charge in [0.1, 0.15) is 0 Å². The van der Waals surface area contributed by atoms with Gasteiger partial charge in [-0.15, -0.1) is 0 Å². The summed E-state index contributed by atoms with van der Waals surface area (Å²) in [6, 6.07) is 8.40. The number of halogens is 1. The van der Waals surface area contributed by atoms with Gasteiger partial charge in [-0.1, -0.05) is 65.2 Å².